The van der Waals surface area contributed by atoms with Crippen molar-refractivity contribution in [2.45, 2.75) is 32.2 Å². The fourth-order valence-electron chi connectivity index (χ4n) is 3.08. The van der Waals surface area contributed by atoms with Crippen LogP contribution >= 0.6 is 0 Å². The molecule has 7 heteroatoms. The Hall–Kier alpha value is -2.44. The molecule has 2 aromatic rings. The number of nitrogens with zero attached hydrogens (tertiary/aromatic N) is 5. The predicted octanol–water partition coefficient (Wildman–Crippen LogP) is 1.49. The second-order valence-electron chi connectivity index (χ2n) is 6.21. The van der Waals surface area contributed by atoms with E-state index in [4.69, 9.17) is 0 Å². The van der Waals surface area contributed by atoms with Crippen molar-refractivity contribution >= 4 is 11.7 Å². The van der Waals surface area contributed by atoms with E-state index in [1.54, 1.807) is 11.0 Å². The highest BCUT2D eigenvalue weighted by Crippen LogP contribution is 2.20. The third-order valence-corrected chi connectivity index (χ3v) is 4.34. The lowest BCUT2D eigenvalue weighted by Crippen LogP contribution is -2.41. The molecule has 0 spiro atoms. The molecule has 1 aliphatic heterocycles. The Labute approximate surface area is 142 Å². The zero-order valence-electron chi connectivity index (χ0n) is 13.8. The minimum absolute atomic E-state index is 0.116. The van der Waals surface area contributed by atoms with Crippen molar-refractivity contribution in [2.24, 2.45) is 5.92 Å². The molecule has 0 aliphatic carbocycles. The highest BCUT2D eigenvalue weighted by molar-refractivity contribution is 5.75. The van der Waals surface area contributed by atoms with E-state index in [9.17, 15) is 4.79 Å². The first-order chi connectivity index (χ1) is 11.8. The van der Waals surface area contributed by atoms with Crippen LogP contribution in [-0.4, -0.2) is 45.3 Å². The van der Waals surface area contributed by atoms with Gasteiger partial charge in [0.25, 0.3) is 0 Å². The number of pyridine rings is 1. The van der Waals surface area contributed by atoms with Gasteiger partial charge in [0, 0.05) is 38.8 Å². The van der Waals surface area contributed by atoms with E-state index >= 15 is 0 Å². The third kappa shape index (κ3) is 4.78. The monoisotopic (exact) mass is 328 g/mol. The van der Waals surface area contributed by atoms with Crippen molar-refractivity contribution in [3.8, 4) is 0 Å². The van der Waals surface area contributed by atoms with Crippen molar-refractivity contribution in [1.29, 1.82) is 0 Å². The van der Waals surface area contributed by atoms with Gasteiger partial charge in [-0.3, -0.25) is 9.48 Å². The molecular weight excluding hydrogens is 304 g/mol. The molecule has 1 N–H and O–H groups in total. The Morgan fingerprint density at radius 3 is 3.12 bits per heavy atom. The van der Waals surface area contributed by atoms with Crippen LogP contribution in [0.2, 0.25) is 0 Å². The molecule has 1 amide bonds. The topological polar surface area (TPSA) is 75.9 Å². The number of carbonyl (C=O) groups excluding carboxylic acids is 1. The standard InChI is InChI=1S/C17H24N6O/c24-17(7-4-10-23-14-18-13-21-23)20-11-15-5-3-9-22(12-15)16-6-1-2-8-19-16/h1-2,6,8,13-15H,3-5,7,9-12H2,(H,20,24). The third-order valence-electron chi connectivity index (χ3n) is 4.34. The number of piperidine rings is 1. The first-order valence-electron chi connectivity index (χ1n) is 8.56. The van der Waals surface area contributed by atoms with E-state index in [1.807, 2.05) is 24.4 Å². The van der Waals surface area contributed by atoms with Crippen molar-refractivity contribution in [3.63, 3.8) is 0 Å². The van der Waals surface area contributed by atoms with Crippen LogP contribution in [0, 0.1) is 5.92 Å². The fourth-order valence-corrected chi connectivity index (χ4v) is 3.08. The van der Waals surface area contributed by atoms with Gasteiger partial charge < -0.3 is 10.2 Å². The van der Waals surface area contributed by atoms with Gasteiger partial charge in [-0.1, -0.05) is 6.07 Å². The quantitative estimate of drug-likeness (QED) is 0.833. The zero-order valence-corrected chi connectivity index (χ0v) is 13.8. The Morgan fingerprint density at radius 2 is 2.33 bits per heavy atom. The molecule has 3 rings (SSSR count). The summed E-state index contributed by atoms with van der Waals surface area (Å²) in [6.45, 7) is 3.46. The molecule has 1 aliphatic rings. The van der Waals surface area contributed by atoms with E-state index in [0.29, 0.717) is 12.3 Å². The van der Waals surface area contributed by atoms with Gasteiger partial charge in [0.05, 0.1) is 0 Å². The molecule has 24 heavy (non-hydrogen) atoms. The normalized spacial score (nSPS) is 17.7. The van der Waals surface area contributed by atoms with Gasteiger partial charge in [0.2, 0.25) is 5.91 Å². The Morgan fingerprint density at radius 1 is 1.38 bits per heavy atom. The maximum Gasteiger partial charge on any atom is 0.220 e. The summed E-state index contributed by atoms with van der Waals surface area (Å²) in [5.41, 5.74) is 0. The highest BCUT2D eigenvalue weighted by Gasteiger charge is 2.21. The number of nitrogens with one attached hydrogen (secondary N) is 1. The van der Waals surface area contributed by atoms with E-state index in [2.05, 4.69) is 25.3 Å². The molecule has 7 nitrogen and oxygen atoms in total. The first-order valence-corrected chi connectivity index (χ1v) is 8.56. The molecular formula is C17H24N6O. The van der Waals surface area contributed by atoms with Crippen LogP contribution in [0.25, 0.3) is 0 Å². The largest absolute Gasteiger partial charge is 0.356 e. The molecule has 1 saturated heterocycles. The SMILES string of the molecule is O=C(CCCn1cncn1)NCC1CCCN(c2ccccn2)C1. The molecule has 0 aromatic carbocycles. The van der Waals surface area contributed by atoms with E-state index < -0.39 is 0 Å². The number of hydrogen-bond acceptors (Lipinski definition) is 5. The zero-order chi connectivity index (χ0) is 16.6. The smallest absolute Gasteiger partial charge is 0.220 e. The van der Waals surface area contributed by atoms with Crippen LogP contribution in [0.1, 0.15) is 25.7 Å². The summed E-state index contributed by atoms with van der Waals surface area (Å²) in [6, 6.07) is 6.00. The van der Waals surface area contributed by atoms with Gasteiger partial charge in [0.15, 0.2) is 0 Å². The van der Waals surface area contributed by atoms with Crippen molar-refractivity contribution < 1.29 is 4.79 Å². The lowest BCUT2D eigenvalue weighted by atomic mass is 9.98. The van der Waals surface area contributed by atoms with Crippen LogP contribution in [0.5, 0.6) is 0 Å². The lowest BCUT2D eigenvalue weighted by Gasteiger charge is -2.33. The summed E-state index contributed by atoms with van der Waals surface area (Å²) < 4.78 is 1.75. The molecule has 0 saturated carbocycles. The van der Waals surface area contributed by atoms with Gasteiger partial charge in [-0.05, 0) is 37.3 Å². The predicted molar refractivity (Wildman–Crippen MR) is 91.4 cm³/mol. The molecule has 1 fully saturated rings. The lowest BCUT2D eigenvalue weighted by molar-refractivity contribution is -0.121. The molecule has 2 aromatic heterocycles. The summed E-state index contributed by atoms with van der Waals surface area (Å²) in [7, 11) is 0. The average Bonchev–Trinajstić information content (AvgIpc) is 3.14. The minimum atomic E-state index is 0.116. The second-order valence-corrected chi connectivity index (χ2v) is 6.21. The highest BCUT2D eigenvalue weighted by atomic mass is 16.1. The fraction of sp³-hybridized carbons (Fsp3) is 0.529. The van der Waals surface area contributed by atoms with Crippen LogP contribution < -0.4 is 10.2 Å². The average molecular weight is 328 g/mol. The van der Waals surface area contributed by atoms with Crippen molar-refractivity contribution in [2.75, 3.05) is 24.5 Å². The number of rotatable bonds is 7. The van der Waals surface area contributed by atoms with Gasteiger partial charge in [-0.2, -0.15) is 5.10 Å². The van der Waals surface area contributed by atoms with Crippen LogP contribution in [0.3, 0.4) is 0 Å². The molecule has 128 valence electrons. The number of anilines is 1. The summed E-state index contributed by atoms with van der Waals surface area (Å²) in [5.74, 6) is 1.63. The van der Waals surface area contributed by atoms with Crippen LogP contribution in [0.15, 0.2) is 37.1 Å². The second kappa shape index (κ2) is 8.42. The number of carbonyl (C=O) groups is 1. The van der Waals surface area contributed by atoms with E-state index in [1.165, 1.54) is 6.33 Å². The molecule has 3 heterocycles. The van der Waals surface area contributed by atoms with Crippen molar-refractivity contribution in [3.05, 3.63) is 37.1 Å². The van der Waals surface area contributed by atoms with Crippen molar-refractivity contribution in [1.82, 2.24) is 25.1 Å². The minimum Gasteiger partial charge on any atom is -0.356 e. The summed E-state index contributed by atoms with van der Waals surface area (Å²) in [5, 5.41) is 7.11. The number of aryl methyl sites for hydroxylation is 1. The Balaban J connectivity index is 1.37. The molecule has 0 radical (unpaired) electrons. The summed E-state index contributed by atoms with van der Waals surface area (Å²) >= 11 is 0. The molecule has 1 unspecified atom stereocenters. The van der Waals surface area contributed by atoms with Gasteiger partial charge in [-0.25, -0.2) is 9.97 Å². The maximum atomic E-state index is 12.0. The summed E-state index contributed by atoms with van der Waals surface area (Å²) in [4.78, 5) is 22.6. The Bertz CT molecular complexity index is 615. The van der Waals surface area contributed by atoms with Gasteiger partial charge >= 0.3 is 0 Å². The molecule has 0 bridgehead atoms. The number of amides is 1. The first kappa shape index (κ1) is 16.4. The summed E-state index contributed by atoms with van der Waals surface area (Å²) in [6.07, 6.45) is 8.61. The molecule has 1 atom stereocenters. The Kier molecular flexibility index (Phi) is 5.76. The van der Waals surface area contributed by atoms with Gasteiger partial charge in [-0.15, -0.1) is 0 Å². The number of hydrogen-bond donors (Lipinski definition) is 1. The van der Waals surface area contributed by atoms with Gasteiger partial charge in [0.1, 0.15) is 18.5 Å². The van der Waals surface area contributed by atoms with E-state index in [0.717, 1.165) is 51.3 Å². The van der Waals surface area contributed by atoms with Crippen LogP contribution in [-0.2, 0) is 11.3 Å². The van der Waals surface area contributed by atoms with Crippen LogP contribution in [0.4, 0.5) is 5.82 Å². The van der Waals surface area contributed by atoms with E-state index in [-0.39, 0.29) is 5.91 Å². The maximum absolute atomic E-state index is 12.0. The number of aromatic nitrogens is 4.